The van der Waals surface area contributed by atoms with Crippen molar-refractivity contribution in [3.63, 3.8) is 0 Å². The molecule has 2 bridgehead atoms. The van der Waals surface area contributed by atoms with Gasteiger partial charge in [0.25, 0.3) is 0 Å². The van der Waals surface area contributed by atoms with Crippen LogP contribution in [0.15, 0.2) is 12.1 Å². The van der Waals surface area contributed by atoms with Crippen molar-refractivity contribution in [1.82, 2.24) is 0 Å². The molecule has 0 aromatic heterocycles. The van der Waals surface area contributed by atoms with Crippen molar-refractivity contribution in [2.75, 3.05) is 21.0 Å². The maximum absolute atomic E-state index is 13.2. The number of fused-ring (bicyclic) bond motifs is 4. The normalized spacial score (nSPS) is 28.7. The lowest BCUT2D eigenvalue weighted by Gasteiger charge is -2.54. The second-order valence-corrected chi connectivity index (χ2v) is 9.11. The Balaban J connectivity index is 1.92. The highest BCUT2D eigenvalue weighted by Gasteiger charge is 2.60. The number of hydrogen-bond donors (Lipinski definition) is 0. The Kier molecular flexibility index (Phi) is 5.03. The molecule has 1 aromatic rings. The second-order valence-electron chi connectivity index (χ2n) is 9.11. The number of hydrogen-bond acceptors (Lipinski definition) is 7. The molecule has 1 aromatic carbocycles. The molecular formula is C23H28O7. The van der Waals surface area contributed by atoms with Crippen molar-refractivity contribution >= 4 is 17.7 Å². The lowest BCUT2D eigenvalue weighted by atomic mass is 9.48. The molecule has 0 saturated heterocycles. The van der Waals surface area contributed by atoms with Gasteiger partial charge in [-0.05, 0) is 53.9 Å². The molecule has 1 aliphatic heterocycles. The third-order valence-electron chi connectivity index (χ3n) is 7.59. The van der Waals surface area contributed by atoms with Crippen LogP contribution >= 0.6 is 0 Å². The lowest BCUT2D eigenvalue weighted by molar-refractivity contribution is -0.173. The van der Waals surface area contributed by atoms with Crippen LogP contribution < -0.4 is 9.47 Å². The van der Waals surface area contributed by atoms with Crippen LogP contribution in [0.25, 0.3) is 0 Å². The summed E-state index contributed by atoms with van der Waals surface area (Å²) in [6.45, 7) is 4.10. The van der Waals surface area contributed by atoms with E-state index in [9.17, 15) is 14.4 Å². The average Bonchev–Trinajstić information content (AvgIpc) is 3.18. The summed E-state index contributed by atoms with van der Waals surface area (Å²) >= 11 is 0. The zero-order valence-electron chi connectivity index (χ0n) is 17.9. The summed E-state index contributed by atoms with van der Waals surface area (Å²) < 4.78 is 21.4. The number of carbonyl (C=O) groups is 3. The minimum atomic E-state index is -0.834. The summed E-state index contributed by atoms with van der Waals surface area (Å²) in [6.07, 6.45) is 1.81. The fourth-order valence-electron chi connectivity index (χ4n) is 5.69. The fourth-order valence-corrected chi connectivity index (χ4v) is 5.69. The van der Waals surface area contributed by atoms with E-state index in [1.165, 1.54) is 14.2 Å². The van der Waals surface area contributed by atoms with Gasteiger partial charge in [0.2, 0.25) is 6.79 Å². The number of benzene rings is 1. The monoisotopic (exact) mass is 416 g/mol. The third-order valence-corrected chi connectivity index (χ3v) is 7.59. The van der Waals surface area contributed by atoms with E-state index >= 15 is 0 Å². The predicted molar refractivity (Wildman–Crippen MR) is 106 cm³/mol. The first-order chi connectivity index (χ1) is 14.2. The number of rotatable bonds is 3. The number of ketones is 1. The zero-order valence-corrected chi connectivity index (χ0v) is 17.9. The molecule has 2 aliphatic carbocycles. The SMILES string of the molecule is COC(=O)CC1C[C@H]2C(=O)CC[C@](C(=O)OC)(Cc3cc4c(cc31)OCO4)C2(C)C. The van der Waals surface area contributed by atoms with Gasteiger partial charge in [-0.2, -0.15) is 0 Å². The van der Waals surface area contributed by atoms with Gasteiger partial charge in [-0.1, -0.05) is 13.8 Å². The third kappa shape index (κ3) is 2.97. The van der Waals surface area contributed by atoms with Crippen LogP contribution in [-0.2, 0) is 30.3 Å². The molecule has 3 atom stereocenters. The van der Waals surface area contributed by atoms with Crippen molar-refractivity contribution in [3.8, 4) is 11.5 Å². The first-order valence-electron chi connectivity index (χ1n) is 10.3. The van der Waals surface area contributed by atoms with Gasteiger partial charge in [-0.3, -0.25) is 14.4 Å². The molecule has 0 N–H and O–H groups in total. The van der Waals surface area contributed by atoms with E-state index in [0.29, 0.717) is 37.2 Å². The minimum absolute atomic E-state index is 0.134. The molecule has 4 rings (SSSR count). The quantitative estimate of drug-likeness (QED) is 0.699. The first kappa shape index (κ1) is 20.7. The molecule has 3 aliphatic rings. The van der Waals surface area contributed by atoms with Crippen molar-refractivity contribution in [3.05, 3.63) is 23.3 Å². The van der Waals surface area contributed by atoms with Crippen LogP contribution in [0.4, 0.5) is 0 Å². The standard InChI is InChI=1S/C23H28O7/c1-22(2)16-7-13(9-20(25)27-3)15-10-19-18(29-12-30-19)8-14(15)11-23(22,21(26)28-4)6-5-17(16)24/h8,10,13,16H,5-7,9,11-12H2,1-4H3/t13?,16-,23+/m0/s1. The average molecular weight is 416 g/mol. The Bertz CT molecular complexity index is 903. The molecule has 1 saturated carbocycles. The highest BCUT2D eigenvalue weighted by atomic mass is 16.7. The Morgan fingerprint density at radius 3 is 2.50 bits per heavy atom. The summed E-state index contributed by atoms with van der Waals surface area (Å²) in [5.41, 5.74) is 0.379. The highest BCUT2D eigenvalue weighted by Crippen LogP contribution is 2.59. The maximum atomic E-state index is 13.2. The van der Waals surface area contributed by atoms with Crippen LogP contribution in [0.5, 0.6) is 11.5 Å². The predicted octanol–water partition coefficient (Wildman–Crippen LogP) is 3.17. The number of esters is 2. The molecule has 1 unspecified atom stereocenters. The summed E-state index contributed by atoms with van der Waals surface area (Å²) in [4.78, 5) is 38.4. The molecule has 30 heavy (non-hydrogen) atoms. The Morgan fingerprint density at radius 1 is 1.13 bits per heavy atom. The fraction of sp³-hybridized carbons (Fsp3) is 0.609. The first-order valence-corrected chi connectivity index (χ1v) is 10.3. The van der Waals surface area contributed by atoms with Crippen molar-refractivity contribution in [2.24, 2.45) is 16.7 Å². The topological polar surface area (TPSA) is 88.1 Å². The molecule has 7 heteroatoms. The Morgan fingerprint density at radius 2 is 1.83 bits per heavy atom. The van der Waals surface area contributed by atoms with Crippen LogP contribution in [0.3, 0.4) is 0 Å². The Labute approximate surface area is 176 Å². The number of ether oxygens (including phenoxy) is 4. The highest BCUT2D eigenvalue weighted by molar-refractivity contribution is 5.88. The van der Waals surface area contributed by atoms with Gasteiger partial charge in [0.1, 0.15) is 5.78 Å². The zero-order chi connectivity index (χ0) is 21.7. The number of methoxy groups -OCH3 is 2. The molecule has 1 heterocycles. The van der Waals surface area contributed by atoms with E-state index in [0.717, 1.165) is 11.1 Å². The molecular weight excluding hydrogens is 388 g/mol. The second kappa shape index (κ2) is 7.29. The van der Waals surface area contributed by atoms with E-state index < -0.39 is 10.8 Å². The number of Topliss-reactive ketones (excluding diaryl/α,β-unsaturated/α-hetero) is 1. The van der Waals surface area contributed by atoms with Gasteiger partial charge in [0.15, 0.2) is 11.5 Å². The summed E-state index contributed by atoms with van der Waals surface area (Å²) in [5, 5.41) is 0. The summed E-state index contributed by atoms with van der Waals surface area (Å²) in [5.74, 6) is 0.185. The largest absolute Gasteiger partial charge is 0.469 e. The van der Waals surface area contributed by atoms with Gasteiger partial charge in [0, 0.05) is 12.3 Å². The molecule has 0 radical (unpaired) electrons. The summed E-state index contributed by atoms with van der Waals surface area (Å²) in [7, 11) is 2.77. The molecule has 1 fully saturated rings. The van der Waals surface area contributed by atoms with E-state index in [4.69, 9.17) is 18.9 Å². The molecule has 162 valence electrons. The molecule has 0 amide bonds. The van der Waals surface area contributed by atoms with Crippen LogP contribution in [0, 0.1) is 16.7 Å². The van der Waals surface area contributed by atoms with Gasteiger partial charge < -0.3 is 18.9 Å². The van der Waals surface area contributed by atoms with Gasteiger partial charge >= 0.3 is 11.9 Å². The Hall–Kier alpha value is -2.57. The number of carbonyl (C=O) groups excluding carboxylic acids is 3. The van der Waals surface area contributed by atoms with Crippen molar-refractivity contribution in [1.29, 1.82) is 0 Å². The van der Waals surface area contributed by atoms with Crippen LogP contribution in [0.1, 0.15) is 56.6 Å². The van der Waals surface area contributed by atoms with Gasteiger partial charge in [-0.25, -0.2) is 0 Å². The molecule has 7 nitrogen and oxygen atoms in total. The van der Waals surface area contributed by atoms with Crippen molar-refractivity contribution in [2.45, 2.75) is 51.9 Å². The van der Waals surface area contributed by atoms with Gasteiger partial charge in [0.05, 0.1) is 26.1 Å². The van der Waals surface area contributed by atoms with E-state index in [1.807, 2.05) is 26.0 Å². The van der Waals surface area contributed by atoms with E-state index in [1.54, 1.807) is 0 Å². The van der Waals surface area contributed by atoms with E-state index in [-0.39, 0.29) is 42.8 Å². The van der Waals surface area contributed by atoms with Gasteiger partial charge in [-0.15, -0.1) is 0 Å². The summed E-state index contributed by atoms with van der Waals surface area (Å²) in [6, 6.07) is 3.81. The van der Waals surface area contributed by atoms with Crippen LogP contribution in [0.2, 0.25) is 0 Å². The maximum Gasteiger partial charge on any atom is 0.312 e. The smallest absolute Gasteiger partial charge is 0.312 e. The van der Waals surface area contributed by atoms with Crippen LogP contribution in [-0.4, -0.2) is 38.7 Å². The van der Waals surface area contributed by atoms with E-state index in [2.05, 4.69) is 0 Å². The lowest BCUT2D eigenvalue weighted by Crippen LogP contribution is -2.57. The molecule has 0 spiro atoms. The van der Waals surface area contributed by atoms with Crippen molar-refractivity contribution < 1.29 is 33.3 Å². The minimum Gasteiger partial charge on any atom is -0.469 e.